The zero-order chi connectivity index (χ0) is 13.6. The van der Waals surface area contributed by atoms with Crippen LogP contribution in [0.3, 0.4) is 0 Å². The number of hydrogen-bond acceptors (Lipinski definition) is 3. The molecule has 0 saturated carbocycles. The minimum absolute atomic E-state index is 0.0315. The fourth-order valence-corrected chi connectivity index (χ4v) is 1.23. The Balaban J connectivity index is 2.31. The van der Waals surface area contributed by atoms with Crippen LogP contribution in [0.5, 0.6) is 5.75 Å². The molecule has 1 amide bonds. The van der Waals surface area contributed by atoms with Crippen LogP contribution in [0, 0.1) is 5.41 Å². The molecule has 4 heteroatoms. The maximum atomic E-state index is 11.6. The minimum Gasteiger partial charge on any atom is -0.484 e. The highest BCUT2D eigenvalue weighted by Crippen LogP contribution is 2.17. The van der Waals surface area contributed by atoms with Gasteiger partial charge in [-0.25, -0.2) is 0 Å². The number of hydrogen-bond donors (Lipinski definition) is 2. The lowest BCUT2D eigenvalue weighted by Crippen LogP contribution is -2.36. The van der Waals surface area contributed by atoms with Crippen LogP contribution in [-0.2, 0) is 4.79 Å². The third-order valence-electron chi connectivity index (χ3n) is 2.97. The van der Waals surface area contributed by atoms with E-state index in [0.29, 0.717) is 18.0 Å². The van der Waals surface area contributed by atoms with Gasteiger partial charge in [-0.05, 0) is 36.1 Å². The summed E-state index contributed by atoms with van der Waals surface area (Å²) in [7, 11) is 0. The number of rotatable bonds is 6. The lowest BCUT2D eigenvalue weighted by atomic mass is 9.90. The first kappa shape index (κ1) is 14.4. The summed E-state index contributed by atoms with van der Waals surface area (Å²) in [5.74, 6) is 0.544. The number of amides is 1. The van der Waals surface area contributed by atoms with Crippen LogP contribution in [0.2, 0.25) is 0 Å². The molecule has 3 N–H and O–H groups in total. The molecule has 1 aromatic rings. The average Bonchev–Trinajstić information content (AvgIpc) is 2.36. The SMILES string of the molecule is CCC(C)(C)CNC(=O)COc1ccc(N)cc1. The third-order valence-corrected chi connectivity index (χ3v) is 2.97. The van der Waals surface area contributed by atoms with Gasteiger partial charge in [-0.2, -0.15) is 0 Å². The summed E-state index contributed by atoms with van der Waals surface area (Å²) in [5, 5.41) is 2.87. The van der Waals surface area contributed by atoms with Crippen molar-refractivity contribution in [1.29, 1.82) is 0 Å². The quantitative estimate of drug-likeness (QED) is 0.761. The molecule has 0 aliphatic rings. The predicted octanol–water partition coefficient (Wildman–Crippen LogP) is 2.20. The smallest absolute Gasteiger partial charge is 0.257 e. The Morgan fingerprint density at radius 2 is 1.94 bits per heavy atom. The second kappa shape index (κ2) is 6.28. The standard InChI is InChI=1S/C14H22N2O2/c1-4-14(2,3)10-16-13(17)9-18-12-7-5-11(15)6-8-12/h5-8H,4,9-10,15H2,1-3H3,(H,16,17). The molecule has 0 radical (unpaired) electrons. The van der Waals surface area contributed by atoms with Crippen LogP contribution >= 0.6 is 0 Å². The second-order valence-corrected chi connectivity index (χ2v) is 5.15. The normalized spacial score (nSPS) is 11.1. The molecule has 0 fully saturated rings. The fourth-order valence-electron chi connectivity index (χ4n) is 1.23. The largest absolute Gasteiger partial charge is 0.484 e. The van der Waals surface area contributed by atoms with Crippen molar-refractivity contribution in [3.05, 3.63) is 24.3 Å². The van der Waals surface area contributed by atoms with Crippen LogP contribution < -0.4 is 15.8 Å². The Labute approximate surface area is 109 Å². The lowest BCUT2D eigenvalue weighted by Gasteiger charge is -2.22. The third kappa shape index (κ3) is 5.08. The summed E-state index contributed by atoms with van der Waals surface area (Å²) in [6, 6.07) is 6.98. The highest BCUT2D eigenvalue weighted by atomic mass is 16.5. The molecule has 100 valence electrons. The topological polar surface area (TPSA) is 64.3 Å². The van der Waals surface area contributed by atoms with Crippen LogP contribution in [0.15, 0.2) is 24.3 Å². The van der Waals surface area contributed by atoms with E-state index in [1.54, 1.807) is 24.3 Å². The molecule has 0 aromatic heterocycles. The summed E-state index contributed by atoms with van der Waals surface area (Å²) >= 11 is 0. The first-order chi connectivity index (χ1) is 8.43. The van der Waals surface area contributed by atoms with Gasteiger partial charge in [0.1, 0.15) is 5.75 Å². The van der Waals surface area contributed by atoms with Gasteiger partial charge < -0.3 is 15.8 Å². The van der Waals surface area contributed by atoms with Crippen molar-refractivity contribution in [3.63, 3.8) is 0 Å². The summed E-state index contributed by atoms with van der Waals surface area (Å²) < 4.78 is 5.35. The molecule has 0 heterocycles. The van der Waals surface area contributed by atoms with Crippen LogP contribution in [0.4, 0.5) is 5.69 Å². The van der Waals surface area contributed by atoms with Gasteiger partial charge >= 0.3 is 0 Å². The maximum absolute atomic E-state index is 11.6. The highest BCUT2D eigenvalue weighted by Gasteiger charge is 2.16. The van der Waals surface area contributed by atoms with E-state index in [1.165, 1.54) is 0 Å². The average molecular weight is 250 g/mol. The molecule has 1 aromatic carbocycles. The van der Waals surface area contributed by atoms with Crippen LogP contribution in [0.1, 0.15) is 27.2 Å². The van der Waals surface area contributed by atoms with Gasteiger partial charge in [0.15, 0.2) is 6.61 Å². The Morgan fingerprint density at radius 3 is 2.50 bits per heavy atom. The van der Waals surface area contributed by atoms with E-state index in [4.69, 9.17) is 10.5 Å². The Morgan fingerprint density at radius 1 is 1.33 bits per heavy atom. The Kier molecular flexibility index (Phi) is 5.01. The van der Waals surface area contributed by atoms with Crippen LogP contribution in [-0.4, -0.2) is 19.1 Å². The number of anilines is 1. The number of carbonyl (C=O) groups is 1. The van der Waals surface area contributed by atoms with E-state index in [1.807, 2.05) is 0 Å². The van der Waals surface area contributed by atoms with E-state index in [-0.39, 0.29) is 17.9 Å². The molecule has 0 aliphatic carbocycles. The zero-order valence-corrected chi connectivity index (χ0v) is 11.3. The number of ether oxygens (including phenoxy) is 1. The van der Waals surface area contributed by atoms with E-state index in [2.05, 4.69) is 26.1 Å². The molecule has 0 unspecified atom stereocenters. The number of benzene rings is 1. The van der Waals surface area contributed by atoms with Crippen molar-refractivity contribution in [1.82, 2.24) is 5.32 Å². The summed E-state index contributed by atoms with van der Waals surface area (Å²) in [4.78, 5) is 11.6. The summed E-state index contributed by atoms with van der Waals surface area (Å²) in [6.45, 7) is 7.04. The fraction of sp³-hybridized carbons (Fsp3) is 0.500. The lowest BCUT2D eigenvalue weighted by molar-refractivity contribution is -0.123. The van der Waals surface area contributed by atoms with Crippen molar-refractivity contribution in [3.8, 4) is 5.75 Å². The maximum Gasteiger partial charge on any atom is 0.257 e. The van der Waals surface area contributed by atoms with Gasteiger partial charge in [0.05, 0.1) is 0 Å². The van der Waals surface area contributed by atoms with Gasteiger partial charge in [0.2, 0.25) is 0 Å². The van der Waals surface area contributed by atoms with E-state index >= 15 is 0 Å². The Bertz CT molecular complexity index is 385. The number of nitrogens with two attached hydrogens (primary N) is 1. The van der Waals surface area contributed by atoms with E-state index < -0.39 is 0 Å². The summed E-state index contributed by atoms with van der Waals surface area (Å²) in [6.07, 6.45) is 1.02. The van der Waals surface area contributed by atoms with Gasteiger partial charge in [-0.3, -0.25) is 4.79 Å². The molecule has 4 nitrogen and oxygen atoms in total. The second-order valence-electron chi connectivity index (χ2n) is 5.15. The first-order valence-corrected chi connectivity index (χ1v) is 6.18. The van der Waals surface area contributed by atoms with Gasteiger partial charge in [-0.15, -0.1) is 0 Å². The first-order valence-electron chi connectivity index (χ1n) is 6.18. The molecule has 0 bridgehead atoms. The molecular weight excluding hydrogens is 228 g/mol. The van der Waals surface area contributed by atoms with Crippen LogP contribution in [0.25, 0.3) is 0 Å². The minimum atomic E-state index is -0.103. The number of nitrogens with one attached hydrogen (secondary N) is 1. The zero-order valence-electron chi connectivity index (χ0n) is 11.3. The molecule has 0 atom stereocenters. The molecule has 0 aliphatic heterocycles. The van der Waals surface area contributed by atoms with Crippen molar-refractivity contribution >= 4 is 11.6 Å². The van der Waals surface area contributed by atoms with E-state index in [9.17, 15) is 4.79 Å². The molecular formula is C14H22N2O2. The predicted molar refractivity (Wildman–Crippen MR) is 73.4 cm³/mol. The molecule has 1 rings (SSSR count). The van der Waals surface area contributed by atoms with Crippen molar-refractivity contribution < 1.29 is 9.53 Å². The number of nitrogen functional groups attached to an aromatic ring is 1. The summed E-state index contributed by atoms with van der Waals surface area (Å²) in [5.41, 5.74) is 6.36. The van der Waals surface area contributed by atoms with Gasteiger partial charge in [-0.1, -0.05) is 20.8 Å². The highest BCUT2D eigenvalue weighted by molar-refractivity contribution is 5.77. The van der Waals surface area contributed by atoms with Gasteiger partial charge in [0.25, 0.3) is 5.91 Å². The van der Waals surface area contributed by atoms with E-state index in [0.717, 1.165) is 6.42 Å². The van der Waals surface area contributed by atoms with Crippen molar-refractivity contribution in [2.75, 3.05) is 18.9 Å². The molecule has 0 saturated heterocycles. The molecule has 18 heavy (non-hydrogen) atoms. The van der Waals surface area contributed by atoms with Crippen molar-refractivity contribution in [2.45, 2.75) is 27.2 Å². The monoisotopic (exact) mass is 250 g/mol. The van der Waals surface area contributed by atoms with Crippen molar-refractivity contribution in [2.24, 2.45) is 5.41 Å². The Hall–Kier alpha value is -1.71. The molecule has 0 spiro atoms. The number of carbonyl (C=O) groups excluding carboxylic acids is 1. The van der Waals surface area contributed by atoms with Gasteiger partial charge in [0, 0.05) is 12.2 Å².